The molecule has 0 unspecified atom stereocenters. The number of hydrogen-bond donors (Lipinski definition) is 1. The summed E-state index contributed by atoms with van der Waals surface area (Å²) in [6.45, 7) is 1.95. The van der Waals surface area contributed by atoms with Crippen molar-refractivity contribution in [2.75, 3.05) is 0 Å². The summed E-state index contributed by atoms with van der Waals surface area (Å²) >= 11 is 5.89. The predicted molar refractivity (Wildman–Crippen MR) is 68.0 cm³/mol. The molecule has 2 aromatic rings. The number of nitrogens with zero attached hydrogens (tertiary/aromatic N) is 1. The van der Waals surface area contributed by atoms with Gasteiger partial charge in [-0.25, -0.2) is 0 Å². The molecule has 0 amide bonds. The fourth-order valence-electron chi connectivity index (χ4n) is 1.74. The molecule has 84 valence electrons. The molecule has 0 fully saturated rings. The zero-order chi connectivity index (χ0) is 12.4. The van der Waals surface area contributed by atoms with Gasteiger partial charge in [-0.05, 0) is 47.9 Å². The summed E-state index contributed by atoms with van der Waals surface area (Å²) in [6.07, 6.45) is 0. The normalized spacial score (nSPS) is 9.94. The minimum absolute atomic E-state index is 0.000602. The number of phenols is 1. The van der Waals surface area contributed by atoms with Crippen LogP contribution in [-0.4, -0.2) is 5.11 Å². The Kier molecular flexibility index (Phi) is 3.03. The Hall–Kier alpha value is -1.98. The summed E-state index contributed by atoms with van der Waals surface area (Å²) in [5.41, 5.74) is 3.17. The van der Waals surface area contributed by atoms with Crippen LogP contribution in [0.25, 0.3) is 11.1 Å². The highest BCUT2D eigenvalue weighted by atomic mass is 35.5. The van der Waals surface area contributed by atoms with Gasteiger partial charge >= 0.3 is 0 Å². The molecule has 0 radical (unpaired) electrons. The number of phenolic OH excluding ortho intramolecular Hbond substituents is 1. The van der Waals surface area contributed by atoms with Crippen LogP contribution in [0.15, 0.2) is 36.4 Å². The highest BCUT2D eigenvalue weighted by molar-refractivity contribution is 6.30. The average Bonchev–Trinajstić information content (AvgIpc) is 2.29. The van der Waals surface area contributed by atoms with E-state index >= 15 is 0 Å². The first kappa shape index (κ1) is 11.5. The monoisotopic (exact) mass is 243 g/mol. The molecule has 2 aromatic carbocycles. The van der Waals surface area contributed by atoms with Crippen molar-refractivity contribution in [3.05, 3.63) is 52.5 Å². The van der Waals surface area contributed by atoms with Crippen molar-refractivity contribution in [2.45, 2.75) is 6.92 Å². The maximum absolute atomic E-state index is 9.65. The fourth-order valence-corrected chi connectivity index (χ4v) is 1.97. The quantitative estimate of drug-likeness (QED) is 0.826. The van der Waals surface area contributed by atoms with Crippen molar-refractivity contribution in [2.24, 2.45) is 0 Å². The van der Waals surface area contributed by atoms with Crippen molar-refractivity contribution < 1.29 is 5.11 Å². The summed E-state index contributed by atoms with van der Waals surface area (Å²) in [5, 5.41) is 19.1. The molecule has 0 aliphatic heterocycles. The van der Waals surface area contributed by atoms with E-state index in [9.17, 15) is 5.11 Å². The molecule has 0 aliphatic rings. The van der Waals surface area contributed by atoms with Crippen molar-refractivity contribution in [1.82, 2.24) is 0 Å². The zero-order valence-corrected chi connectivity index (χ0v) is 9.99. The summed E-state index contributed by atoms with van der Waals surface area (Å²) in [7, 11) is 0. The molecule has 0 atom stereocenters. The number of halogens is 1. The molecule has 17 heavy (non-hydrogen) atoms. The van der Waals surface area contributed by atoms with E-state index in [0.717, 1.165) is 16.7 Å². The van der Waals surface area contributed by atoms with Crippen LogP contribution in [0.3, 0.4) is 0 Å². The van der Waals surface area contributed by atoms with Gasteiger partial charge in [0.15, 0.2) is 0 Å². The van der Waals surface area contributed by atoms with Crippen LogP contribution in [0, 0.1) is 18.3 Å². The first-order valence-electron chi connectivity index (χ1n) is 5.11. The number of aryl methyl sites for hydroxylation is 1. The van der Waals surface area contributed by atoms with E-state index < -0.39 is 0 Å². The Balaban J connectivity index is 2.54. The van der Waals surface area contributed by atoms with Crippen LogP contribution < -0.4 is 0 Å². The Morgan fingerprint density at radius 1 is 1.18 bits per heavy atom. The van der Waals surface area contributed by atoms with Crippen LogP contribution >= 0.6 is 11.6 Å². The van der Waals surface area contributed by atoms with Gasteiger partial charge in [-0.3, -0.25) is 0 Å². The Labute approximate surface area is 105 Å². The van der Waals surface area contributed by atoms with Crippen molar-refractivity contribution in [3.8, 4) is 22.9 Å². The molecule has 0 saturated heterocycles. The topological polar surface area (TPSA) is 44.0 Å². The molecule has 0 saturated carbocycles. The number of aromatic hydroxyl groups is 1. The molecule has 0 aliphatic carbocycles. The van der Waals surface area contributed by atoms with Gasteiger partial charge in [0.1, 0.15) is 11.8 Å². The molecule has 1 N–H and O–H groups in total. The highest BCUT2D eigenvalue weighted by Gasteiger charge is 2.06. The van der Waals surface area contributed by atoms with Gasteiger partial charge in [-0.15, -0.1) is 0 Å². The van der Waals surface area contributed by atoms with Crippen LogP contribution in [0.2, 0.25) is 5.02 Å². The van der Waals surface area contributed by atoms with Gasteiger partial charge in [-0.1, -0.05) is 23.7 Å². The summed E-state index contributed by atoms with van der Waals surface area (Å²) < 4.78 is 0. The number of rotatable bonds is 1. The predicted octanol–water partition coefficient (Wildman–Crippen LogP) is 3.89. The Morgan fingerprint density at radius 3 is 2.53 bits per heavy atom. The molecule has 0 aromatic heterocycles. The van der Waals surface area contributed by atoms with Crippen molar-refractivity contribution in [3.63, 3.8) is 0 Å². The van der Waals surface area contributed by atoms with Crippen molar-refractivity contribution in [1.29, 1.82) is 5.26 Å². The lowest BCUT2D eigenvalue weighted by Gasteiger charge is -2.07. The molecular formula is C14H10ClNO. The van der Waals surface area contributed by atoms with E-state index in [4.69, 9.17) is 16.9 Å². The molecule has 0 bridgehead atoms. The second-order valence-corrected chi connectivity index (χ2v) is 4.24. The van der Waals surface area contributed by atoms with Crippen LogP contribution in [-0.2, 0) is 0 Å². The standard InChI is InChI=1S/C14H10ClNO/c1-9-6-12(15)4-5-13(9)10-2-3-11(8-16)14(17)7-10/h2-7,17H,1H3. The Morgan fingerprint density at radius 2 is 1.94 bits per heavy atom. The first-order valence-corrected chi connectivity index (χ1v) is 5.49. The van der Waals surface area contributed by atoms with Crippen LogP contribution in [0.5, 0.6) is 5.75 Å². The van der Waals surface area contributed by atoms with Gasteiger partial charge in [0.25, 0.3) is 0 Å². The first-order chi connectivity index (χ1) is 8.11. The summed E-state index contributed by atoms with van der Waals surface area (Å²) in [4.78, 5) is 0. The van der Waals surface area contributed by atoms with E-state index in [0.29, 0.717) is 5.02 Å². The maximum atomic E-state index is 9.65. The molecular weight excluding hydrogens is 234 g/mol. The smallest absolute Gasteiger partial charge is 0.133 e. The summed E-state index contributed by atoms with van der Waals surface area (Å²) in [6, 6.07) is 12.5. The van der Waals surface area contributed by atoms with E-state index in [2.05, 4.69) is 0 Å². The van der Waals surface area contributed by atoms with E-state index in [-0.39, 0.29) is 11.3 Å². The van der Waals surface area contributed by atoms with Crippen LogP contribution in [0.1, 0.15) is 11.1 Å². The number of benzene rings is 2. The third-order valence-electron chi connectivity index (χ3n) is 2.62. The second kappa shape index (κ2) is 4.48. The minimum atomic E-state index is -0.000602. The maximum Gasteiger partial charge on any atom is 0.133 e. The van der Waals surface area contributed by atoms with Crippen LogP contribution in [0.4, 0.5) is 0 Å². The van der Waals surface area contributed by atoms with Crippen molar-refractivity contribution >= 4 is 11.6 Å². The second-order valence-electron chi connectivity index (χ2n) is 3.80. The highest BCUT2D eigenvalue weighted by Crippen LogP contribution is 2.29. The third-order valence-corrected chi connectivity index (χ3v) is 2.85. The number of nitriles is 1. The number of hydrogen-bond acceptors (Lipinski definition) is 2. The van der Waals surface area contributed by atoms with Gasteiger partial charge < -0.3 is 5.11 Å². The zero-order valence-electron chi connectivity index (χ0n) is 9.24. The van der Waals surface area contributed by atoms with Gasteiger partial charge in [-0.2, -0.15) is 5.26 Å². The van der Waals surface area contributed by atoms with E-state index in [1.807, 2.05) is 31.2 Å². The van der Waals surface area contributed by atoms with E-state index in [1.54, 1.807) is 18.2 Å². The summed E-state index contributed by atoms with van der Waals surface area (Å²) in [5.74, 6) is -0.000602. The SMILES string of the molecule is Cc1cc(Cl)ccc1-c1ccc(C#N)c(O)c1. The molecule has 3 heteroatoms. The molecule has 0 heterocycles. The fraction of sp³-hybridized carbons (Fsp3) is 0.0714. The van der Waals surface area contributed by atoms with E-state index in [1.165, 1.54) is 0 Å². The average molecular weight is 244 g/mol. The lowest BCUT2D eigenvalue weighted by Crippen LogP contribution is -1.84. The lowest BCUT2D eigenvalue weighted by atomic mass is 9.99. The van der Waals surface area contributed by atoms with Gasteiger partial charge in [0, 0.05) is 5.02 Å². The molecule has 0 spiro atoms. The third kappa shape index (κ3) is 2.25. The van der Waals surface area contributed by atoms with Gasteiger partial charge in [0.2, 0.25) is 0 Å². The lowest BCUT2D eigenvalue weighted by molar-refractivity contribution is 0.474. The largest absolute Gasteiger partial charge is 0.507 e. The van der Waals surface area contributed by atoms with Gasteiger partial charge in [0.05, 0.1) is 5.56 Å². The minimum Gasteiger partial charge on any atom is -0.507 e. The molecule has 2 nitrogen and oxygen atoms in total. The Bertz CT molecular complexity index is 614. The molecule has 2 rings (SSSR count).